The molecule has 0 bridgehead atoms. The van der Waals surface area contributed by atoms with Gasteiger partial charge in [0.25, 0.3) is 0 Å². The molecular formula is C12H24N2O9. The normalized spacial score (nSPS) is 38.6. The van der Waals surface area contributed by atoms with Gasteiger partial charge in [0.15, 0.2) is 0 Å². The Hall–Kier alpha value is -0.440. The molecule has 0 aromatic heterocycles. The molecule has 2 fully saturated rings. The van der Waals surface area contributed by atoms with E-state index in [1.54, 1.807) is 13.8 Å². The molecule has 5 N–H and O–H groups in total. The second-order valence-corrected chi connectivity index (χ2v) is 5.79. The average Bonchev–Trinajstić information content (AvgIpc) is 3.06. The monoisotopic (exact) mass is 340 g/mol. The van der Waals surface area contributed by atoms with E-state index in [-0.39, 0.29) is 5.39 Å². The summed E-state index contributed by atoms with van der Waals surface area (Å²) in [5, 5.41) is 49.0. The number of nitrogens with zero attached hydrogens (tertiary/aromatic N) is 2. The van der Waals surface area contributed by atoms with Crippen LogP contribution < -0.4 is 0 Å². The van der Waals surface area contributed by atoms with Gasteiger partial charge in [-0.05, 0) is 6.92 Å². The summed E-state index contributed by atoms with van der Waals surface area (Å²) in [6, 6.07) is 0. The molecule has 2 aliphatic heterocycles. The molecule has 0 aliphatic carbocycles. The first-order chi connectivity index (χ1) is 10.8. The zero-order valence-electron chi connectivity index (χ0n) is 13.1. The van der Waals surface area contributed by atoms with Gasteiger partial charge < -0.3 is 20.4 Å². The van der Waals surface area contributed by atoms with Crippen LogP contribution in [0.4, 0.5) is 0 Å². The minimum atomic E-state index is -1.62. The highest BCUT2D eigenvalue weighted by molar-refractivity contribution is 4.92. The maximum absolute atomic E-state index is 10.2. The van der Waals surface area contributed by atoms with Gasteiger partial charge in [-0.1, -0.05) is 12.2 Å². The number of aliphatic hydroxyl groups is 4. The Bertz CT molecular complexity index is 390. The zero-order chi connectivity index (χ0) is 17.3. The molecule has 2 rings (SSSR count). The third-order valence-corrected chi connectivity index (χ3v) is 4.10. The number of hydrogen-bond donors (Lipinski definition) is 5. The Morgan fingerprint density at radius 2 is 1.61 bits per heavy atom. The summed E-state index contributed by atoms with van der Waals surface area (Å²) < 4.78 is 0. The van der Waals surface area contributed by atoms with Crippen LogP contribution in [0.25, 0.3) is 0 Å². The maximum Gasteiger partial charge on any atom is 0.139 e. The summed E-state index contributed by atoms with van der Waals surface area (Å²) in [4.78, 5) is 20.9. The molecular weight excluding hydrogens is 316 g/mol. The summed E-state index contributed by atoms with van der Waals surface area (Å²) in [6.07, 6.45) is -7.49. The van der Waals surface area contributed by atoms with E-state index in [1.807, 2.05) is 0 Å². The fourth-order valence-electron chi connectivity index (χ4n) is 2.80. The average molecular weight is 340 g/mol. The molecule has 2 aliphatic rings. The van der Waals surface area contributed by atoms with Crippen LogP contribution >= 0.6 is 0 Å². The number of hydroxylamine groups is 2. The molecule has 2 saturated heterocycles. The second kappa shape index (κ2) is 7.63. The van der Waals surface area contributed by atoms with Gasteiger partial charge in [-0.15, -0.1) is 0 Å². The summed E-state index contributed by atoms with van der Waals surface area (Å²) in [6.45, 7) is 2.72. The van der Waals surface area contributed by atoms with Crippen molar-refractivity contribution in [1.82, 2.24) is 10.6 Å². The third-order valence-electron chi connectivity index (χ3n) is 4.10. The van der Waals surface area contributed by atoms with Gasteiger partial charge in [-0.25, -0.2) is 9.68 Å². The van der Waals surface area contributed by atoms with E-state index in [4.69, 9.17) is 24.5 Å². The first kappa shape index (κ1) is 18.9. The van der Waals surface area contributed by atoms with E-state index < -0.39 is 55.3 Å². The second-order valence-electron chi connectivity index (χ2n) is 5.79. The Kier molecular flexibility index (Phi) is 6.27. The van der Waals surface area contributed by atoms with Crippen molar-refractivity contribution in [2.24, 2.45) is 5.92 Å². The molecule has 23 heavy (non-hydrogen) atoms. The zero-order valence-corrected chi connectivity index (χ0v) is 13.1. The predicted molar refractivity (Wildman–Crippen MR) is 70.8 cm³/mol. The molecule has 0 spiro atoms. The summed E-state index contributed by atoms with van der Waals surface area (Å²) >= 11 is 0. The molecule has 0 saturated carbocycles. The van der Waals surface area contributed by atoms with Crippen molar-refractivity contribution in [3.8, 4) is 0 Å². The van der Waals surface area contributed by atoms with Crippen molar-refractivity contribution in [2.75, 3.05) is 13.7 Å². The van der Waals surface area contributed by atoms with E-state index >= 15 is 0 Å². The molecule has 0 amide bonds. The molecule has 8 unspecified atom stereocenters. The van der Waals surface area contributed by atoms with Crippen molar-refractivity contribution >= 4 is 0 Å². The van der Waals surface area contributed by atoms with Gasteiger partial charge >= 0.3 is 0 Å². The van der Waals surface area contributed by atoms with E-state index in [2.05, 4.69) is 0 Å². The van der Waals surface area contributed by atoms with Crippen LogP contribution in [0.15, 0.2) is 0 Å². The lowest BCUT2D eigenvalue weighted by Gasteiger charge is -2.31. The Balaban J connectivity index is 2.09. The molecule has 8 atom stereocenters. The third kappa shape index (κ3) is 3.97. The molecule has 11 nitrogen and oxygen atoms in total. The highest BCUT2D eigenvalue weighted by Gasteiger charge is 2.50. The number of aliphatic hydroxyl groups excluding tert-OH is 4. The van der Waals surface area contributed by atoms with Crippen LogP contribution in [0.2, 0.25) is 0 Å². The van der Waals surface area contributed by atoms with Gasteiger partial charge in [0.05, 0.1) is 12.0 Å². The van der Waals surface area contributed by atoms with Gasteiger partial charge in [-0.2, -0.15) is 0 Å². The van der Waals surface area contributed by atoms with E-state index in [9.17, 15) is 20.5 Å². The Morgan fingerprint density at radius 3 is 2.13 bits per heavy atom. The number of rotatable bonds is 6. The smallest absolute Gasteiger partial charge is 0.139 e. The minimum absolute atomic E-state index is 0.265. The van der Waals surface area contributed by atoms with Crippen molar-refractivity contribution in [3.63, 3.8) is 0 Å². The molecule has 2 heterocycles. The molecule has 136 valence electrons. The molecule has 11 heteroatoms. The van der Waals surface area contributed by atoms with Crippen LogP contribution in [0, 0.1) is 5.92 Å². The van der Waals surface area contributed by atoms with Crippen molar-refractivity contribution < 1.29 is 45.0 Å². The first-order valence-corrected chi connectivity index (χ1v) is 7.31. The van der Waals surface area contributed by atoms with Crippen LogP contribution in [0.3, 0.4) is 0 Å². The summed E-state index contributed by atoms with van der Waals surface area (Å²) in [5.41, 5.74) is 0. The lowest BCUT2D eigenvalue weighted by atomic mass is 9.87. The van der Waals surface area contributed by atoms with Crippen LogP contribution in [-0.2, 0) is 19.4 Å². The van der Waals surface area contributed by atoms with E-state index in [1.165, 1.54) is 7.05 Å². The van der Waals surface area contributed by atoms with Crippen molar-refractivity contribution in [1.29, 1.82) is 0 Å². The van der Waals surface area contributed by atoms with Crippen LogP contribution in [-0.4, -0.2) is 92.6 Å². The van der Waals surface area contributed by atoms with Gasteiger partial charge in [0.1, 0.15) is 42.7 Å². The molecule has 0 aromatic rings. The van der Waals surface area contributed by atoms with Crippen molar-refractivity contribution in [3.05, 3.63) is 0 Å². The molecule has 0 aromatic carbocycles. The highest BCUT2D eigenvalue weighted by atomic mass is 17.1. The fourth-order valence-corrected chi connectivity index (χ4v) is 2.80. The lowest BCUT2D eigenvalue weighted by Crippen LogP contribution is -2.52. The minimum Gasteiger partial charge on any atom is -0.394 e. The van der Waals surface area contributed by atoms with E-state index in [0.29, 0.717) is 0 Å². The largest absolute Gasteiger partial charge is 0.394 e. The quantitative estimate of drug-likeness (QED) is 0.352. The van der Waals surface area contributed by atoms with Gasteiger partial charge in [-0.3, -0.25) is 14.9 Å². The van der Waals surface area contributed by atoms with Crippen LogP contribution in [0.5, 0.6) is 0 Å². The summed E-state index contributed by atoms with van der Waals surface area (Å²) in [5.74, 6) is -0.412. The highest BCUT2D eigenvalue weighted by Crippen LogP contribution is 2.33. The first-order valence-electron chi connectivity index (χ1n) is 7.31. The Morgan fingerprint density at radius 1 is 1.00 bits per heavy atom. The van der Waals surface area contributed by atoms with Crippen molar-refractivity contribution in [2.45, 2.75) is 56.6 Å². The SMILES string of the molecule is CC1ON(O)OC1C(C)C1ON(C)OC1C(O)C(O)C(O)CO. The Labute approximate surface area is 132 Å². The molecule has 0 radical (unpaired) electrons. The topological polar surface area (TPSA) is 145 Å². The van der Waals surface area contributed by atoms with E-state index in [0.717, 1.165) is 5.23 Å². The number of hydrogen-bond acceptors (Lipinski definition) is 11. The summed E-state index contributed by atoms with van der Waals surface area (Å²) in [7, 11) is 1.47. The maximum atomic E-state index is 10.2. The fraction of sp³-hybridized carbons (Fsp3) is 1.00. The lowest BCUT2D eigenvalue weighted by molar-refractivity contribution is -0.474. The van der Waals surface area contributed by atoms with Gasteiger partial charge in [0, 0.05) is 13.0 Å². The van der Waals surface area contributed by atoms with Gasteiger partial charge in [0.2, 0.25) is 0 Å². The predicted octanol–water partition coefficient (Wildman–Crippen LogP) is -2.43. The standard InChI is InChI=1S/C12H24N2O9/c1-5(10-6(2)20-14(19)23-10)11-12(22-13(3)21-11)9(18)8(17)7(16)4-15/h5-12,15-19H,4H2,1-3H3. The van der Waals surface area contributed by atoms with Crippen LogP contribution in [0.1, 0.15) is 13.8 Å².